The van der Waals surface area contributed by atoms with Gasteiger partial charge in [-0.05, 0) is 61.5 Å². The van der Waals surface area contributed by atoms with Crippen molar-refractivity contribution in [2.24, 2.45) is 0 Å². The standard InChI is InChI=1S/C24H20O4/c1-2-27-23-11-7-6-8-19(23)14-17-22(25)18-12-15-21(16-13-18)28-24(26)20-9-4-3-5-10-20/h3-17H,2H2,1H3. The minimum absolute atomic E-state index is 0.146. The summed E-state index contributed by atoms with van der Waals surface area (Å²) in [4.78, 5) is 24.5. The zero-order valence-corrected chi connectivity index (χ0v) is 15.5. The van der Waals surface area contributed by atoms with Crippen LogP contribution in [0.25, 0.3) is 6.08 Å². The van der Waals surface area contributed by atoms with Crippen LogP contribution in [0.3, 0.4) is 0 Å². The molecular weight excluding hydrogens is 352 g/mol. The Labute approximate surface area is 164 Å². The third kappa shape index (κ3) is 4.95. The minimum atomic E-state index is -0.438. The van der Waals surface area contributed by atoms with E-state index in [1.807, 2.05) is 37.3 Å². The molecule has 0 amide bonds. The maximum absolute atomic E-state index is 12.4. The Kier molecular flexibility index (Phi) is 6.37. The summed E-state index contributed by atoms with van der Waals surface area (Å²) in [6.07, 6.45) is 3.24. The maximum atomic E-state index is 12.4. The molecule has 0 aliphatic heterocycles. The Hall–Kier alpha value is -3.66. The average molecular weight is 372 g/mol. The number of benzene rings is 3. The summed E-state index contributed by atoms with van der Waals surface area (Å²) in [6, 6.07) is 22.8. The first-order valence-electron chi connectivity index (χ1n) is 8.99. The molecule has 140 valence electrons. The first kappa shape index (κ1) is 19.1. The van der Waals surface area contributed by atoms with E-state index in [-0.39, 0.29) is 5.78 Å². The highest BCUT2D eigenvalue weighted by Crippen LogP contribution is 2.20. The van der Waals surface area contributed by atoms with Gasteiger partial charge in [0.15, 0.2) is 5.78 Å². The second-order valence-corrected chi connectivity index (χ2v) is 5.95. The van der Waals surface area contributed by atoms with Crippen LogP contribution in [0, 0.1) is 0 Å². The lowest BCUT2D eigenvalue weighted by Gasteiger charge is -2.06. The van der Waals surface area contributed by atoms with Gasteiger partial charge in [0.05, 0.1) is 12.2 Å². The van der Waals surface area contributed by atoms with Crippen LogP contribution in [0.5, 0.6) is 11.5 Å². The number of carbonyl (C=O) groups excluding carboxylic acids is 2. The van der Waals surface area contributed by atoms with Crippen LogP contribution in [0.2, 0.25) is 0 Å². The van der Waals surface area contributed by atoms with E-state index in [1.165, 1.54) is 6.08 Å². The molecule has 0 unspecified atom stereocenters. The lowest BCUT2D eigenvalue weighted by molar-refractivity contribution is 0.0734. The number of esters is 1. The van der Waals surface area contributed by atoms with Gasteiger partial charge < -0.3 is 9.47 Å². The van der Waals surface area contributed by atoms with Crippen LogP contribution in [0.15, 0.2) is 84.9 Å². The molecule has 0 heterocycles. The van der Waals surface area contributed by atoms with Crippen LogP contribution in [0.4, 0.5) is 0 Å². The molecule has 0 fully saturated rings. The number of rotatable bonds is 7. The van der Waals surface area contributed by atoms with Gasteiger partial charge in [0.1, 0.15) is 11.5 Å². The van der Waals surface area contributed by atoms with Crippen LogP contribution < -0.4 is 9.47 Å². The number of allylic oxidation sites excluding steroid dienone is 1. The van der Waals surface area contributed by atoms with Gasteiger partial charge in [-0.1, -0.05) is 36.4 Å². The molecule has 0 aliphatic rings. The van der Waals surface area contributed by atoms with E-state index < -0.39 is 5.97 Å². The SMILES string of the molecule is CCOc1ccccc1C=CC(=O)c1ccc(OC(=O)c2ccccc2)cc1. The first-order valence-corrected chi connectivity index (χ1v) is 8.99. The van der Waals surface area contributed by atoms with E-state index in [1.54, 1.807) is 54.6 Å². The van der Waals surface area contributed by atoms with Crippen molar-refractivity contribution in [3.63, 3.8) is 0 Å². The van der Waals surface area contributed by atoms with Crippen LogP contribution in [0.1, 0.15) is 33.2 Å². The van der Waals surface area contributed by atoms with Gasteiger partial charge in [0, 0.05) is 11.1 Å². The summed E-state index contributed by atoms with van der Waals surface area (Å²) in [6.45, 7) is 2.47. The molecule has 4 heteroatoms. The Balaban J connectivity index is 1.66. The predicted octanol–water partition coefficient (Wildman–Crippen LogP) is 5.20. The molecule has 4 nitrogen and oxygen atoms in total. The van der Waals surface area contributed by atoms with Gasteiger partial charge in [0.25, 0.3) is 0 Å². The molecule has 0 saturated heterocycles. The minimum Gasteiger partial charge on any atom is -0.493 e. The molecule has 3 aromatic rings. The number of ether oxygens (including phenoxy) is 2. The van der Waals surface area contributed by atoms with Gasteiger partial charge in [-0.15, -0.1) is 0 Å². The van der Waals surface area contributed by atoms with E-state index >= 15 is 0 Å². The van der Waals surface area contributed by atoms with E-state index in [4.69, 9.17) is 9.47 Å². The van der Waals surface area contributed by atoms with E-state index in [0.29, 0.717) is 23.5 Å². The van der Waals surface area contributed by atoms with Gasteiger partial charge >= 0.3 is 5.97 Å². The molecule has 0 N–H and O–H groups in total. The molecule has 0 spiro atoms. The summed E-state index contributed by atoms with van der Waals surface area (Å²) in [5.41, 5.74) is 1.81. The monoisotopic (exact) mass is 372 g/mol. The average Bonchev–Trinajstić information content (AvgIpc) is 2.74. The summed E-state index contributed by atoms with van der Waals surface area (Å²) < 4.78 is 10.9. The Morgan fingerprint density at radius 2 is 1.50 bits per heavy atom. The Morgan fingerprint density at radius 1 is 0.821 bits per heavy atom. The van der Waals surface area contributed by atoms with Crippen molar-refractivity contribution in [3.8, 4) is 11.5 Å². The fourth-order valence-corrected chi connectivity index (χ4v) is 2.59. The zero-order valence-electron chi connectivity index (χ0n) is 15.5. The second-order valence-electron chi connectivity index (χ2n) is 5.95. The summed E-state index contributed by atoms with van der Waals surface area (Å²) in [5.74, 6) is 0.535. The topological polar surface area (TPSA) is 52.6 Å². The normalized spacial score (nSPS) is 10.6. The lowest BCUT2D eigenvalue weighted by Crippen LogP contribution is -2.08. The van der Waals surface area contributed by atoms with Crippen molar-refractivity contribution in [3.05, 3.63) is 102 Å². The van der Waals surface area contributed by atoms with Gasteiger partial charge in [-0.3, -0.25) is 4.79 Å². The number of hydrogen-bond acceptors (Lipinski definition) is 4. The molecule has 0 saturated carbocycles. The Morgan fingerprint density at radius 3 is 2.21 bits per heavy atom. The second kappa shape index (κ2) is 9.33. The van der Waals surface area contributed by atoms with E-state index in [9.17, 15) is 9.59 Å². The van der Waals surface area contributed by atoms with E-state index in [0.717, 1.165) is 11.3 Å². The molecule has 0 aliphatic carbocycles. The van der Waals surface area contributed by atoms with Gasteiger partial charge in [0.2, 0.25) is 0 Å². The first-order chi connectivity index (χ1) is 13.7. The highest BCUT2D eigenvalue weighted by Gasteiger charge is 2.09. The van der Waals surface area contributed by atoms with Crippen molar-refractivity contribution in [1.82, 2.24) is 0 Å². The molecule has 0 aromatic heterocycles. The summed E-state index contributed by atoms with van der Waals surface area (Å²) in [7, 11) is 0. The molecule has 0 atom stereocenters. The number of para-hydroxylation sites is 1. The maximum Gasteiger partial charge on any atom is 0.343 e. The number of hydrogen-bond donors (Lipinski definition) is 0. The van der Waals surface area contributed by atoms with Gasteiger partial charge in [-0.2, -0.15) is 0 Å². The fourth-order valence-electron chi connectivity index (χ4n) is 2.59. The Bertz CT molecular complexity index is 973. The van der Waals surface area contributed by atoms with Crippen molar-refractivity contribution < 1.29 is 19.1 Å². The predicted molar refractivity (Wildman–Crippen MR) is 109 cm³/mol. The third-order valence-electron chi connectivity index (χ3n) is 3.99. The molecular formula is C24H20O4. The largest absolute Gasteiger partial charge is 0.493 e. The summed E-state index contributed by atoms with van der Waals surface area (Å²) in [5, 5.41) is 0. The lowest BCUT2D eigenvalue weighted by atomic mass is 10.1. The van der Waals surface area contributed by atoms with Crippen molar-refractivity contribution >= 4 is 17.8 Å². The zero-order chi connectivity index (χ0) is 19.8. The summed E-state index contributed by atoms with van der Waals surface area (Å²) >= 11 is 0. The highest BCUT2D eigenvalue weighted by atomic mass is 16.5. The number of carbonyl (C=O) groups is 2. The molecule has 0 radical (unpaired) electrons. The van der Waals surface area contributed by atoms with Crippen molar-refractivity contribution in [2.75, 3.05) is 6.61 Å². The quantitative estimate of drug-likeness (QED) is 0.248. The van der Waals surface area contributed by atoms with Gasteiger partial charge in [-0.25, -0.2) is 4.79 Å². The molecule has 28 heavy (non-hydrogen) atoms. The highest BCUT2D eigenvalue weighted by molar-refractivity contribution is 6.07. The smallest absolute Gasteiger partial charge is 0.343 e. The number of ketones is 1. The van der Waals surface area contributed by atoms with Crippen molar-refractivity contribution in [1.29, 1.82) is 0 Å². The van der Waals surface area contributed by atoms with Crippen LogP contribution >= 0.6 is 0 Å². The van der Waals surface area contributed by atoms with Crippen LogP contribution in [-0.2, 0) is 0 Å². The molecule has 0 bridgehead atoms. The fraction of sp³-hybridized carbons (Fsp3) is 0.0833. The van der Waals surface area contributed by atoms with Crippen molar-refractivity contribution in [2.45, 2.75) is 6.92 Å². The van der Waals surface area contributed by atoms with E-state index in [2.05, 4.69) is 0 Å². The van der Waals surface area contributed by atoms with Crippen LogP contribution in [-0.4, -0.2) is 18.4 Å². The third-order valence-corrected chi connectivity index (χ3v) is 3.99. The molecule has 3 rings (SSSR count). The molecule has 3 aromatic carbocycles.